The SMILES string of the molecule is CCC(C)(OCCC(C)(C)C(C)(C)OCC(C)C(C)(C)N)C(C)(C)C(C)COC(C)(C)CC(C)N. The zero-order valence-corrected chi connectivity index (χ0v) is 26.4. The van der Waals surface area contributed by atoms with E-state index in [0.29, 0.717) is 25.7 Å². The number of ether oxygens (including phenoxy) is 3. The van der Waals surface area contributed by atoms with Crippen LogP contribution in [0.25, 0.3) is 0 Å². The summed E-state index contributed by atoms with van der Waals surface area (Å²) in [6.45, 7) is 34.9. The molecule has 35 heavy (non-hydrogen) atoms. The molecule has 212 valence electrons. The van der Waals surface area contributed by atoms with Crippen molar-refractivity contribution < 1.29 is 14.2 Å². The van der Waals surface area contributed by atoms with Crippen LogP contribution in [0, 0.1) is 22.7 Å². The maximum atomic E-state index is 6.72. The molecule has 0 saturated carbocycles. The molecule has 0 saturated heterocycles. The topological polar surface area (TPSA) is 79.7 Å². The molecule has 0 aliphatic rings. The van der Waals surface area contributed by atoms with Crippen molar-refractivity contribution in [2.24, 2.45) is 34.1 Å². The second-order valence-corrected chi connectivity index (χ2v) is 14.5. The summed E-state index contributed by atoms with van der Waals surface area (Å²) in [4.78, 5) is 0. The third-order valence-electron chi connectivity index (χ3n) is 9.55. The molecular formula is C30H64N2O3. The standard InChI is InChI=1S/C30H64N2O3/c1-16-30(15,27(9,10)22(2)20-34-26(7,8)19-24(4)31)33-18-17-25(5,6)29(13,14)35-21-23(3)28(11,12)32/h22-24H,16-21,31-32H2,1-15H3. The van der Waals surface area contributed by atoms with Gasteiger partial charge in [-0.2, -0.15) is 0 Å². The summed E-state index contributed by atoms with van der Waals surface area (Å²) < 4.78 is 19.5. The van der Waals surface area contributed by atoms with Crippen molar-refractivity contribution in [2.75, 3.05) is 19.8 Å². The van der Waals surface area contributed by atoms with Gasteiger partial charge in [-0.25, -0.2) is 0 Å². The Kier molecular flexibility index (Phi) is 12.5. The van der Waals surface area contributed by atoms with E-state index in [0.717, 1.165) is 19.3 Å². The average molecular weight is 501 g/mol. The van der Waals surface area contributed by atoms with E-state index in [1.165, 1.54) is 0 Å². The third-order valence-corrected chi connectivity index (χ3v) is 9.55. The van der Waals surface area contributed by atoms with Crippen molar-refractivity contribution in [1.82, 2.24) is 0 Å². The van der Waals surface area contributed by atoms with E-state index in [1.54, 1.807) is 0 Å². The minimum absolute atomic E-state index is 0.0536. The van der Waals surface area contributed by atoms with E-state index in [4.69, 9.17) is 25.7 Å². The van der Waals surface area contributed by atoms with E-state index < -0.39 is 0 Å². The Hall–Kier alpha value is -0.200. The van der Waals surface area contributed by atoms with E-state index in [-0.39, 0.29) is 45.1 Å². The van der Waals surface area contributed by atoms with Crippen LogP contribution in [0.2, 0.25) is 0 Å². The Balaban J connectivity index is 5.18. The van der Waals surface area contributed by atoms with E-state index in [9.17, 15) is 0 Å². The van der Waals surface area contributed by atoms with Crippen LogP contribution in [0.1, 0.15) is 123 Å². The summed E-state index contributed by atoms with van der Waals surface area (Å²) in [5, 5.41) is 0. The lowest BCUT2D eigenvalue weighted by molar-refractivity contribution is -0.167. The Labute approximate surface area is 219 Å². The first-order valence-corrected chi connectivity index (χ1v) is 13.9. The van der Waals surface area contributed by atoms with Gasteiger partial charge in [0.2, 0.25) is 0 Å². The fourth-order valence-corrected chi connectivity index (χ4v) is 4.23. The molecule has 0 aromatic carbocycles. The Morgan fingerprint density at radius 2 is 1.20 bits per heavy atom. The number of hydrogen-bond acceptors (Lipinski definition) is 5. The Morgan fingerprint density at radius 3 is 1.63 bits per heavy atom. The monoisotopic (exact) mass is 500 g/mol. The van der Waals surface area contributed by atoms with Gasteiger partial charge in [-0.3, -0.25) is 0 Å². The number of rotatable bonds is 17. The van der Waals surface area contributed by atoms with Gasteiger partial charge >= 0.3 is 0 Å². The van der Waals surface area contributed by atoms with Crippen LogP contribution < -0.4 is 11.5 Å². The smallest absolute Gasteiger partial charge is 0.0705 e. The lowest BCUT2D eigenvalue weighted by Gasteiger charge is -2.49. The maximum absolute atomic E-state index is 6.72. The van der Waals surface area contributed by atoms with Crippen molar-refractivity contribution >= 4 is 0 Å². The first-order valence-electron chi connectivity index (χ1n) is 13.9. The highest BCUT2D eigenvalue weighted by Gasteiger charge is 2.46. The van der Waals surface area contributed by atoms with Gasteiger partial charge in [0, 0.05) is 18.2 Å². The fraction of sp³-hybridized carbons (Fsp3) is 1.00. The van der Waals surface area contributed by atoms with Gasteiger partial charge in [-0.1, -0.05) is 48.5 Å². The summed E-state index contributed by atoms with van der Waals surface area (Å²) in [6.07, 6.45) is 2.70. The highest BCUT2D eigenvalue weighted by molar-refractivity contribution is 4.95. The minimum Gasteiger partial charge on any atom is -0.375 e. The van der Waals surface area contributed by atoms with Crippen LogP contribution >= 0.6 is 0 Å². The summed E-state index contributed by atoms with van der Waals surface area (Å²) in [5.41, 5.74) is 11.1. The molecule has 0 aliphatic heterocycles. The molecule has 0 aliphatic carbocycles. The van der Waals surface area contributed by atoms with Crippen molar-refractivity contribution in [1.29, 1.82) is 0 Å². The molecule has 0 aromatic heterocycles. The molecular weight excluding hydrogens is 436 g/mol. The van der Waals surface area contributed by atoms with Gasteiger partial charge in [0.1, 0.15) is 0 Å². The van der Waals surface area contributed by atoms with Crippen LogP contribution in [0.4, 0.5) is 0 Å². The lowest BCUT2D eigenvalue weighted by Crippen LogP contribution is -2.51. The molecule has 5 heteroatoms. The average Bonchev–Trinajstić information content (AvgIpc) is 2.67. The first kappa shape index (κ1) is 34.8. The lowest BCUT2D eigenvalue weighted by atomic mass is 9.66. The molecule has 4 N–H and O–H groups in total. The normalized spacial score (nSPS) is 18.8. The molecule has 4 unspecified atom stereocenters. The molecule has 0 heterocycles. The minimum atomic E-state index is -0.291. The molecule has 0 fully saturated rings. The first-order chi connectivity index (χ1) is 15.4. The summed E-state index contributed by atoms with van der Waals surface area (Å²) in [6, 6.07) is 0.124. The molecule has 4 atom stereocenters. The molecule has 0 radical (unpaired) electrons. The van der Waals surface area contributed by atoms with Gasteiger partial charge in [0.25, 0.3) is 0 Å². The third kappa shape index (κ3) is 10.2. The summed E-state index contributed by atoms with van der Waals surface area (Å²) >= 11 is 0. The van der Waals surface area contributed by atoms with Crippen molar-refractivity contribution in [3.8, 4) is 0 Å². The van der Waals surface area contributed by atoms with E-state index >= 15 is 0 Å². The second kappa shape index (κ2) is 12.6. The van der Waals surface area contributed by atoms with Crippen LogP contribution in [0.3, 0.4) is 0 Å². The van der Waals surface area contributed by atoms with E-state index in [1.807, 2.05) is 6.92 Å². The van der Waals surface area contributed by atoms with Crippen LogP contribution in [-0.4, -0.2) is 48.2 Å². The Morgan fingerprint density at radius 1 is 0.714 bits per heavy atom. The summed E-state index contributed by atoms with van der Waals surface area (Å²) in [5.74, 6) is 0.605. The molecule has 5 nitrogen and oxygen atoms in total. The Bertz CT molecular complexity index is 620. The zero-order valence-electron chi connectivity index (χ0n) is 26.4. The van der Waals surface area contributed by atoms with Gasteiger partial charge < -0.3 is 25.7 Å². The van der Waals surface area contributed by atoms with Crippen molar-refractivity contribution in [3.63, 3.8) is 0 Å². The number of hydrogen-bond donors (Lipinski definition) is 2. The number of nitrogens with two attached hydrogens (primary N) is 2. The van der Waals surface area contributed by atoms with Gasteiger partial charge in [-0.15, -0.1) is 0 Å². The predicted octanol–water partition coefficient (Wildman–Crippen LogP) is 6.95. The predicted molar refractivity (Wildman–Crippen MR) is 152 cm³/mol. The van der Waals surface area contributed by atoms with Gasteiger partial charge in [-0.05, 0) is 97.3 Å². The molecule has 0 rings (SSSR count). The quantitative estimate of drug-likeness (QED) is 0.226. The summed E-state index contributed by atoms with van der Waals surface area (Å²) in [7, 11) is 0. The highest BCUT2D eigenvalue weighted by Crippen LogP contribution is 2.45. The zero-order chi connectivity index (χ0) is 28.1. The molecule has 0 spiro atoms. The maximum Gasteiger partial charge on any atom is 0.0705 e. The van der Waals surface area contributed by atoms with Crippen molar-refractivity contribution in [2.45, 2.75) is 152 Å². The van der Waals surface area contributed by atoms with Crippen molar-refractivity contribution in [3.05, 3.63) is 0 Å². The molecule has 0 amide bonds. The van der Waals surface area contributed by atoms with Crippen LogP contribution in [0.5, 0.6) is 0 Å². The molecule has 0 aromatic rings. The molecule has 0 bridgehead atoms. The van der Waals surface area contributed by atoms with Gasteiger partial charge in [0.05, 0.1) is 30.0 Å². The largest absolute Gasteiger partial charge is 0.375 e. The van der Waals surface area contributed by atoms with Crippen LogP contribution in [-0.2, 0) is 14.2 Å². The van der Waals surface area contributed by atoms with Gasteiger partial charge in [0.15, 0.2) is 0 Å². The van der Waals surface area contributed by atoms with E-state index in [2.05, 4.69) is 96.9 Å². The van der Waals surface area contributed by atoms with Crippen LogP contribution in [0.15, 0.2) is 0 Å². The second-order valence-electron chi connectivity index (χ2n) is 14.5. The fourth-order valence-electron chi connectivity index (χ4n) is 4.23. The highest BCUT2D eigenvalue weighted by atomic mass is 16.5.